The van der Waals surface area contributed by atoms with E-state index in [1.807, 2.05) is 18.2 Å². The van der Waals surface area contributed by atoms with Crippen molar-refractivity contribution in [1.82, 2.24) is 0 Å². The van der Waals surface area contributed by atoms with Crippen LogP contribution in [0.3, 0.4) is 0 Å². The molecule has 0 aromatic heterocycles. The summed E-state index contributed by atoms with van der Waals surface area (Å²) >= 11 is 0. The van der Waals surface area contributed by atoms with Gasteiger partial charge in [-0.3, -0.25) is 0 Å². The van der Waals surface area contributed by atoms with Gasteiger partial charge in [0.2, 0.25) is 0 Å². The molecule has 0 amide bonds. The smallest absolute Gasteiger partial charge is 0.0367 e. The standard InChI is InChI=1S/C28H28N2/c1-20-5-9-22(10-6-20)24-13-15-25(16-14-24)23-11-7-21(8-12-23)3-2-4-26-17-18-27(29)19-28(26)30/h5-19H,2-4,29-30H2,1H3. The topological polar surface area (TPSA) is 52.0 Å². The second-order valence-electron chi connectivity index (χ2n) is 7.95. The predicted octanol–water partition coefficient (Wildman–Crippen LogP) is 6.67. The van der Waals surface area contributed by atoms with E-state index in [2.05, 4.69) is 79.7 Å². The zero-order chi connectivity index (χ0) is 20.9. The Kier molecular flexibility index (Phi) is 5.85. The number of rotatable bonds is 6. The fraction of sp³-hybridized carbons (Fsp3) is 0.143. The van der Waals surface area contributed by atoms with Crippen molar-refractivity contribution in [3.63, 3.8) is 0 Å². The fourth-order valence-corrected chi connectivity index (χ4v) is 3.79. The molecule has 0 atom stereocenters. The Morgan fingerprint density at radius 1 is 0.567 bits per heavy atom. The van der Waals surface area contributed by atoms with Crippen LogP contribution in [0.25, 0.3) is 22.3 Å². The fourth-order valence-electron chi connectivity index (χ4n) is 3.79. The minimum absolute atomic E-state index is 0.721. The first-order valence-corrected chi connectivity index (χ1v) is 10.5. The minimum atomic E-state index is 0.721. The number of aryl methyl sites for hydroxylation is 3. The van der Waals surface area contributed by atoms with Crippen molar-refractivity contribution >= 4 is 11.4 Å². The highest BCUT2D eigenvalue weighted by Gasteiger charge is 2.03. The second kappa shape index (κ2) is 8.87. The molecule has 150 valence electrons. The number of anilines is 2. The van der Waals surface area contributed by atoms with E-state index in [4.69, 9.17) is 11.5 Å². The Morgan fingerprint density at radius 2 is 1.07 bits per heavy atom. The molecule has 0 aliphatic heterocycles. The van der Waals surface area contributed by atoms with Gasteiger partial charge in [0.1, 0.15) is 0 Å². The Balaban J connectivity index is 1.37. The van der Waals surface area contributed by atoms with Crippen LogP contribution >= 0.6 is 0 Å². The summed E-state index contributed by atoms with van der Waals surface area (Å²) in [6.07, 6.45) is 3.07. The van der Waals surface area contributed by atoms with Crippen molar-refractivity contribution < 1.29 is 0 Å². The normalized spacial score (nSPS) is 10.8. The Labute approximate surface area is 179 Å². The second-order valence-corrected chi connectivity index (χ2v) is 7.95. The van der Waals surface area contributed by atoms with Crippen molar-refractivity contribution in [3.8, 4) is 22.3 Å². The number of benzene rings is 4. The molecular weight excluding hydrogens is 364 g/mol. The van der Waals surface area contributed by atoms with E-state index in [0.717, 1.165) is 30.6 Å². The molecular formula is C28H28N2. The van der Waals surface area contributed by atoms with Gasteiger partial charge in [0.05, 0.1) is 0 Å². The van der Waals surface area contributed by atoms with Gasteiger partial charge < -0.3 is 11.5 Å². The highest BCUT2D eigenvalue weighted by molar-refractivity contribution is 5.70. The molecule has 4 N–H and O–H groups in total. The van der Waals surface area contributed by atoms with Crippen LogP contribution in [0.5, 0.6) is 0 Å². The van der Waals surface area contributed by atoms with Gasteiger partial charge in [-0.2, -0.15) is 0 Å². The van der Waals surface area contributed by atoms with Crippen molar-refractivity contribution in [1.29, 1.82) is 0 Å². The summed E-state index contributed by atoms with van der Waals surface area (Å²) in [5.74, 6) is 0. The number of nitrogen functional groups attached to an aromatic ring is 2. The average Bonchev–Trinajstić information content (AvgIpc) is 2.76. The zero-order valence-electron chi connectivity index (χ0n) is 17.4. The van der Waals surface area contributed by atoms with Gasteiger partial charge in [-0.25, -0.2) is 0 Å². The van der Waals surface area contributed by atoms with Gasteiger partial charge in [0.15, 0.2) is 0 Å². The van der Waals surface area contributed by atoms with Crippen molar-refractivity contribution in [2.45, 2.75) is 26.2 Å². The minimum Gasteiger partial charge on any atom is -0.399 e. The molecule has 4 aromatic carbocycles. The van der Waals surface area contributed by atoms with E-state index in [1.165, 1.54) is 38.9 Å². The monoisotopic (exact) mass is 392 g/mol. The molecule has 0 aliphatic carbocycles. The number of hydrogen-bond acceptors (Lipinski definition) is 2. The highest BCUT2D eigenvalue weighted by Crippen LogP contribution is 2.26. The molecule has 30 heavy (non-hydrogen) atoms. The van der Waals surface area contributed by atoms with E-state index >= 15 is 0 Å². The predicted molar refractivity (Wildman–Crippen MR) is 129 cm³/mol. The number of hydrogen-bond donors (Lipinski definition) is 2. The first-order valence-electron chi connectivity index (χ1n) is 10.5. The molecule has 0 bridgehead atoms. The first-order chi connectivity index (χ1) is 14.6. The third-order valence-electron chi connectivity index (χ3n) is 5.64. The van der Waals surface area contributed by atoms with E-state index in [9.17, 15) is 0 Å². The summed E-state index contributed by atoms with van der Waals surface area (Å²) in [5, 5.41) is 0. The van der Waals surface area contributed by atoms with E-state index in [-0.39, 0.29) is 0 Å². The lowest BCUT2D eigenvalue weighted by atomic mass is 9.98. The molecule has 0 spiro atoms. The summed E-state index contributed by atoms with van der Waals surface area (Å²) in [4.78, 5) is 0. The molecule has 2 nitrogen and oxygen atoms in total. The molecule has 0 fully saturated rings. The molecule has 0 aliphatic rings. The largest absolute Gasteiger partial charge is 0.399 e. The average molecular weight is 393 g/mol. The van der Waals surface area contributed by atoms with Crippen molar-refractivity contribution in [2.24, 2.45) is 0 Å². The molecule has 2 heteroatoms. The van der Waals surface area contributed by atoms with Gasteiger partial charge in [-0.05, 0) is 71.7 Å². The summed E-state index contributed by atoms with van der Waals surface area (Å²) < 4.78 is 0. The van der Waals surface area contributed by atoms with Gasteiger partial charge >= 0.3 is 0 Å². The summed E-state index contributed by atoms with van der Waals surface area (Å²) in [5.41, 5.74) is 22.1. The maximum atomic E-state index is 6.06. The third kappa shape index (κ3) is 4.72. The molecule has 4 rings (SSSR count). The molecule has 0 radical (unpaired) electrons. The van der Waals surface area contributed by atoms with Gasteiger partial charge in [0, 0.05) is 11.4 Å². The van der Waals surface area contributed by atoms with Gasteiger partial charge in [0.25, 0.3) is 0 Å². The lowest BCUT2D eigenvalue weighted by Crippen LogP contribution is -1.97. The van der Waals surface area contributed by atoms with Crippen molar-refractivity contribution in [3.05, 3.63) is 108 Å². The summed E-state index contributed by atoms with van der Waals surface area (Å²) in [6, 6.07) is 32.2. The Bertz CT molecular complexity index is 1110. The zero-order valence-corrected chi connectivity index (χ0v) is 17.4. The van der Waals surface area contributed by atoms with Crippen LogP contribution in [0.15, 0.2) is 91.0 Å². The Morgan fingerprint density at radius 3 is 1.60 bits per heavy atom. The van der Waals surface area contributed by atoms with Crippen molar-refractivity contribution in [2.75, 3.05) is 11.5 Å². The number of nitrogens with two attached hydrogens (primary N) is 2. The molecule has 0 heterocycles. The van der Waals surface area contributed by atoms with Crippen LogP contribution in [0, 0.1) is 6.92 Å². The maximum absolute atomic E-state index is 6.06. The molecule has 4 aromatic rings. The maximum Gasteiger partial charge on any atom is 0.0367 e. The summed E-state index contributed by atoms with van der Waals surface area (Å²) in [7, 11) is 0. The van der Waals surface area contributed by atoms with E-state index in [1.54, 1.807) is 0 Å². The Hall–Kier alpha value is -3.52. The van der Waals surface area contributed by atoms with Crippen LogP contribution in [0.1, 0.15) is 23.1 Å². The first kappa shape index (κ1) is 19.8. The van der Waals surface area contributed by atoms with E-state index in [0.29, 0.717) is 0 Å². The van der Waals surface area contributed by atoms with Gasteiger partial charge in [-0.15, -0.1) is 0 Å². The summed E-state index contributed by atoms with van der Waals surface area (Å²) in [6.45, 7) is 2.12. The lowest BCUT2D eigenvalue weighted by Gasteiger charge is -2.08. The van der Waals surface area contributed by atoms with Crippen LogP contribution in [-0.4, -0.2) is 0 Å². The lowest BCUT2D eigenvalue weighted by molar-refractivity contribution is 0.822. The van der Waals surface area contributed by atoms with Crippen LogP contribution in [0.2, 0.25) is 0 Å². The quantitative estimate of drug-likeness (QED) is 0.360. The molecule has 0 saturated heterocycles. The third-order valence-corrected chi connectivity index (χ3v) is 5.64. The van der Waals surface area contributed by atoms with Crippen LogP contribution in [-0.2, 0) is 12.8 Å². The van der Waals surface area contributed by atoms with E-state index < -0.39 is 0 Å². The molecule has 0 saturated carbocycles. The SMILES string of the molecule is Cc1ccc(-c2ccc(-c3ccc(CCCc4ccc(N)cc4N)cc3)cc2)cc1. The molecule has 0 unspecified atom stereocenters. The van der Waals surface area contributed by atoms with Crippen LogP contribution in [0.4, 0.5) is 11.4 Å². The van der Waals surface area contributed by atoms with Crippen LogP contribution < -0.4 is 11.5 Å². The van der Waals surface area contributed by atoms with Gasteiger partial charge in [-0.1, -0.05) is 84.4 Å². The highest BCUT2D eigenvalue weighted by atomic mass is 14.6.